The van der Waals surface area contributed by atoms with Crippen LogP contribution >= 0.6 is 0 Å². The fourth-order valence-corrected chi connectivity index (χ4v) is 3.69. The highest BCUT2D eigenvalue weighted by molar-refractivity contribution is 5.58. The minimum atomic E-state index is -0.448. The number of methoxy groups -OCH3 is 2. The number of rotatable bonds is 5. The Bertz CT molecular complexity index is 1030. The lowest BCUT2D eigenvalue weighted by Crippen LogP contribution is -2.27. The molecule has 0 atom stereocenters. The summed E-state index contributed by atoms with van der Waals surface area (Å²) in [5.74, 6) is 0.749. The van der Waals surface area contributed by atoms with Gasteiger partial charge in [-0.15, -0.1) is 10.2 Å². The minimum Gasteiger partial charge on any atom is -0.497 e. The van der Waals surface area contributed by atoms with Crippen molar-refractivity contribution in [3.63, 3.8) is 0 Å². The van der Waals surface area contributed by atoms with E-state index in [1.54, 1.807) is 25.1 Å². The van der Waals surface area contributed by atoms with Gasteiger partial charge in [-0.05, 0) is 31.9 Å². The van der Waals surface area contributed by atoms with Gasteiger partial charge in [0.15, 0.2) is 5.69 Å². The number of azo groups is 1. The molecule has 1 fully saturated rings. The van der Waals surface area contributed by atoms with Gasteiger partial charge in [-0.1, -0.05) is 19.3 Å². The molecule has 1 aliphatic rings. The van der Waals surface area contributed by atoms with Crippen LogP contribution in [-0.2, 0) is 0 Å². The van der Waals surface area contributed by atoms with Gasteiger partial charge in [0.1, 0.15) is 28.8 Å². The van der Waals surface area contributed by atoms with Crippen LogP contribution in [0.25, 0.3) is 0 Å². The van der Waals surface area contributed by atoms with Crippen molar-refractivity contribution in [1.82, 2.24) is 4.57 Å². The molecule has 1 aliphatic carbocycles. The van der Waals surface area contributed by atoms with Crippen LogP contribution in [0.5, 0.6) is 17.4 Å². The third-order valence-corrected chi connectivity index (χ3v) is 5.30. The number of aromatic nitrogens is 1. The summed E-state index contributed by atoms with van der Waals surface area (Å²) in [6.45, 7) is 1.59. The number of nitriles is 1. The van der Waals surface area contributed by atoms with Gasteiger partial charge in [0.05, 0.1) is 14.2 Å². The molecular weight excluding hydrogens is 372 g/mol. The summed E-state index contributed by atoms with van der Waals surface area (Å²) in [6.07, 6.45) is 4.61. The van der Waals surface area contributed by atoms with Gasteiger partial charge < -0.3 is 14.6 Å². The molecule has 152 valence electrons. The minimum absolute atomic E-state index is 0.0368. The average Bonchev–Trinajstić information content (AvgIpc) is 2.74. The fraction of sp³-hybridized carbons (Fsp3) is 0.429. The Morgan fingerprint density at radius 2 is 1.90 bits per heavy atom. The lowest BCUT2D eigenvalue weighted by Gasteiger charge is -2.25. The zero-order valence-electron chi connectivity index (χ0n) is 16.8. The number of hydrogen-bond donors (Lipinski definition) is 1. The van der Waals surface area contributed by atoms with Crippen LogP contribution in [-0.4, -0.2) is 23.9 Å². The van der Waals surface area contributed by atoms with Crippen LogP contribution in [0.3, 0.4) is 0 Å². The van der Waals surface area contributed by atoms with E-state index in [1.165, 1.54) is 18.8 Å². The lowest BCUT2D eigenvalue weighted by atomic mass is 9.94. The summed E-state index contributed by atoms with van der Waals surface area (Å²) in [7, 11) is 3.05. The molecular formula is C21H24N4O4. The van der Waals surface area contributed by atoms with Gasteiger partial charge in [-0.25, -0.2) is 0 Å². The predicted molar refractivity (Wildman–Crippen MR) is 108 cm³/mol. The van der Waals surface area contributed by atoms with Crippen molar-refractivity contribution in [2.45, 2.75) is 45.1 Å². The van der Waals surface area contributed by atoms with Gasteiger partial charge in [-0.3, -0.25) is 9.36 Å². The maximum atomic E-state index is 13.2. The summed E-state index contributed by atoms with van der Waals surface area (Å²) in [6, 6.07) is 6.91. The predicted octanol–water partition coefficient (Wildman–Crippen LogP) is 4.67. The third-order valence-electron chi connectivity index (χ3n) is 5.30. The second-order valence-electron chi connectivity index (χ2n) is 6.99. The fourth-order valence-electron chi connectivity index (χ4n) is 3.69. The van der Waals surface area contributed by atoms with E-state index >= 15 is 0 Å². The molecule has 8 nitrogen and oxygen atoms in total. The van der Waals surface area contributed by atoms with Crippen molar-refractivity contribution in [3.05, 3.63) is 39.7 Å². The van der Waals surface area contributed by atoms with Crippen LogP contribution in [0.1, 0.15) is 49.3 Å². The molecule has 1 heterocycles. The van der Waals surface area contributed by atoms with Crippen LogP contribution in [0, 0.1) is 18.3 Å². The van der Waals surface area contributed by atoms with Crippen LogP contribution in [0.4, 0.5) is 11.4 Å². The van der Waals surface area contributed by atoms with Gasteiger partial charge in [0.2, 0.25) is 5.88 Å². The molecule has 0 bridgehead atoms. The molecule has 2 aromatic rings. The van der Waals surface area contributed by atoms with E-state index in [0.29, 0.717) is 22.7 Å². The van der Waals surface area contributed by atoms with E-state index in [4.69, 9.17) is 9.47 Å². The largest absolute Gasteiger partial charge is 0.497 e. The van der Waals surface area contributed by atoms with Gasteiger partial charge >= 0.3 is 0 Å². The molecule has 8 heteroatoms. The number of nitrogens with zero attached hydrogens (tertiary/aromatic N) is 4. The summed E-state index contributed by atoms with van der Waals surface area (Å²) < 4.78 is 11.8. The number of benzene rings is 1. The number of pyridine rings is 1. The molecule has 0 radical (unpaired) electrons. The maximum absolute atomic E-state index is 13.2. The van der Waals surface area contributed by atoms with Crippen LogP contribution < -0.4 is 15.0 Å². The quantitative estimate of drug-likeness (QED) is 0.739. The monoisotopic (exact) mass is 396 g/mol. The standard InChI is InChI=1S/C21H24N4O4/c1-13-16(12-22)20(26)25(14-7-5-4-6-8-14)21(27)19(13)24-23-17-11-15(28-2)9-10-18(17)29-3/h9-11,14,26H,4-8H2,1-3H3. The molecule has 0 aliphatic heterocycles. The van der Waals surface area contributed by atoms with Crippen molar-refractivity contribution in [2.24, 2.45) is 10.2 Å². The Morgan fingerprint density at radius 1 is 1.17 bits per heavy atom. The van der Waals surface area contributed by atoms with E-state index in [0.717, 1.165) is 32.1 Å². The van der Waals surface area contributed by atoms with E-state index in [-0.39, 0.29) is 23.2 Å². The maximum Gasteiger partial charge on any atom is 0.281 e. The smallest absolute Gasteiger partial charge is 0.281 e. The summed E-state index contributed by atoms with van der Waals surface area (Å²) in [4.78, 5) is 13.2. The Labute approximate surface area is 169 Å². The molecule has 1 aromatic heterocycles. The summed E-state index contributed by atoms with van der Waals surface area (Å²) in [5.41, 5.74) is 0.321. The Hall–Kier alpha value is -3.34. The van der Waals surface area contributed by atoms with Crippen molar-refractivity contribution in [3.8, 4) is 23.4 Å². The van der Waals surface area contributed by atoms with Crippen molar-refractivity contribution in [1.29, 1.82) is 5.26 Å². The third kappa shape index (κ3) is 3.94. The molecule has 0 unspecified atom stereocenters. The van der Waals surface area contributed by atoms with Crippen molar-refractivity contribution >= 4 is 11.4 Å². The topological polar surface area (TPSA) is 109 Å². The number of hydrogen-bond acceptors (Lipinski definition) is 7. The Balaban J connectivity index is 2.14. The average molecular weight is 396 g/mol. The zero-order valence-corrected chi connectivity index (χ0v) is 16.8. The molecule has 29 heavy (non-hydrogen) atoms. The van der Waals surface area contributed by atoms with Crippen LogP contribution in [0.2, 0.25) is 0 Å². The first-order chi connectivity index (χ1) is 14.0. The molecule has 1 saturated carbocycles. The lowest BCUT2D eigenvalue weighted by molar-refractivity contribution is 0.303. The van der Waals surface area contributed by atoms with Crippen molar-refractivity contribution < 1.29 is 14.6 Å². The SMILES string of the molecule is COc1ccc(OC)c(N=Nc2c(C)c(C#N)c(O)n(C3CCCCC3)c2=O)c1. The second kappa shape index (κ2) is 8.78. The Kier molecular flexibility index (Phi) is 6.17. The van der Waals surface area contributed by atoms with E-state index in [2.05, 4.69) is 10.2 Å². The van der Waals surface area contributed by atoms with Crippen LogP contribution in [0.15, 0.2) is 33.2 Å². The van der Waals surface area contributed by atoms with Gasteiger partial charge in [0, 0.05) is 17.7 Å². The van der Waals surface area contributed by atoms with E-state index in [1.807, 2.05) is 6.07 Å². The highest BCUT2D eigenvalue weighted by Crippen LogP contribution is 2.36. The van der Waals surface area contributed by atoms with Gasteiger partial charge in [0.25, 0.3) is 5.56 Å². The highest BCUT2D eigenvalue weighted by Gasteiger charge is 2.25. The molecule has 0 saturated heterocycles. The first-order valence-electron chi connectivity index (χ1n) is 9.53. The van der Waals surface area contributed by atoms with E-state index in [9.17, 15) is 15.2 Å². The molecule has 1 N–H and O–H groups in total. The number of aromatic hydroxyl groups is 1. The van der Waals surface area contributed by atoms with E-state index < -0.39 is 5.56 Å². The summed E-state index contributed by atoms with van der Waals surface area (Å²) in [5, 5.41) is 28.5. The zero-order chi connectivity index (χ0) is 21.0. The normalized spacial score (nSPS) is 14.7. The second-order valence-corrected chi connectivity index (χ2v) is 6.99. The summed E-state index contributed by atoms with van der Waals surface area (Å²) >= 11 is 0. The molecule has 3 rings (SSSR count). The molecule has 1 aromatic carbocycles. The molecule has 0 amide bonds. The Morgan fingerprint density at radius 3 is 2.52 bits per heavy atom. The molecule has 0 spiro atoms. The highest BCUT2D eigenvalue weighted by atomic mass is 16.5. The number of ether oxygens (including phenoxy) is 2. The van der Waals surface area contributed by atoms with Crippen molar-refractivity contribution in [2.75, 3.05) is 14.2 Å². The first kappa shape index (κ1) is 20.4. The first-order valence-corrected chi connectivity index (χ1v) is 9.53. The van der Waals surface area contributed by atoms with Gasteiger partial charge in [-0.2, -0.15) is 5.26 Å².